The summed E-state index contributed by atoms with van der Waals surface area (Å²) in [6, 6.07) is 6.28. The summed E-state index contributed by atoms with van der Waals surface area (Å²) in [6.45, 7) is 5.06. The highest BCUT2D eigenvalue weighted by atomic mass is 16.5. The first kappa shape index (κ1) is 15.0. The van der Waals surface area contributed by atoms with Crippen molar-refractivity contribution in [1.29, 1.82) is 0 Å². The molecule has 2 bridgehead atoms. The fraction of sp³-hybridized carbons (Fsp3) is 0.611. The smallest absolute Gasteiger partial charge is 0.256 e. The van der Waals surface area contributed by atoms with Crippen molar-refractivity contribution in [2.24, 2.45) is 5.92 Å². The van der Waals surface area contributed by atoms with E-state index in [-0.39, 0.29) is 11.9 Å². The van der Waals surface area contributed by atoms with E-state index < -0.39 is 0 Å². The van der Waals surface area contributed by atoms with Gasteiger partial charge in [-0.05, 0) is 31.5 Å². The number of fused-ring (bicyclic) bond motifs is 4. The number of aryl methyl sites for hydroxylation is 1. The van der Waals surface area contributed by atoms with Crippen LogP contribution < -0.4 is 5.32 Å². The van der Waals surface area contributed by atoms with Crippen LogP contribution >= 0.6 is 0 Å². The molecule has 3 heterocycles. The van der Waals surface area contributed by atoms with Crippen molar-refractivity contribution in [3.8, 4) is 0 Å². The van der Waals surface area contributed by atoms with Gasteiger partial charge in [0.15, 0.2) is 0 Å². The van der Waals surface area contributed by atoms with Crippen LogP contribution in [-0.2, 0) is 11.2 Å². The van der Waals surface area contributed by atoms with Gasteiger partial charge in [-0.15, -0.1) is 0 Å². The van der Waals surface area contributed by atoms with Crippen molar-refractivity contribution in [1.82, 2.24) is 9.80 Å². The molecule has 0 unspecified atom stereocenters. The third kappa shape index (κ3) is 2.83. The summed E-state index contributed by atoms with van der Waals surface area (Å²) in [4.78, 5) is 17.7. The molecule has 0 radical (unpaired) electrons. The first-order valence-corrected chi connectivity index (χ1v) is 8.65. The predicted molar refractivity (Wildman–Crippen MR) is 89.9 cm³/mol. The van der Waals surface area contributed by atoms with Gasteiger partial charge in [0.2, 0.25) is 0 Å². The molecule has 0 spiro atoms. The molecule has 1 amide bonds. The zero-order valence-corrected chi connectivity index (χ0v) is 13.8. The van der Waals surface area contributed by atoms with Crippen molar-refractivity contribution >= 4 is 11.6 Å². The molecule has 5 nitrogen and oxygen atoms in total. The van der Waals surface area contributed by atoms with Crippen molar-refractivity contribution < 1.29 is 9.53 Å². The Labute approximate surface area is 137 Å². The summed E-state index contributed by atoms with van der Waals surface area (Å²) in [6.07, 6.45) is 2.19. The number of benzene rings is 1. The van der Waals surface area contributed by atoms with Crippen LogP contribution in [-0.4, -0.2) is 68.2 Å². The van der Waals surface area contributed by atoms with Crippen molar-refractivity contribution in [2.75, 3.05) is 51.8 Å². The molecule has 2 fully saturated rings. The van der Waals surface area contributed by atoms with Crippen molar-refractivity contribution in [2.45, 2.75) is 18.9 Å². The van der Waals surface area contributed by atoms with Crippen LogP contribution in [0.1, 0.15) is 22.3 Å². The molecule has 0 aromatic heterocycles. The van der Waals surface area contributed by atoms with E-state index in [1.165, 1.54) is 5.56 Å². The lowest BCUT2D eigenvalue weighted by Crippen LogP contribution is -2.46. The summed E-state index contributed by atoms with van der Waals surface area (Å²) in [5.74, 6) is 0.566. The minimum atomic E-state index is 0.152. The van der Waals surface area contributed by atoms with Crippen LogP contribution in [0.25, 0.3) is 0 Å². The third-order valence-electron chi connectivity index (χ3n) is 5.22. The number of rotatable bonds is 1. The Morgan fingerprint density at radius 2 is 2.17 bits per heavy atom. The van der Waals surface area contributed by atoms with Gasteiger partial charge in [-0.1, -0.05) is 12.1 Å². The number of anilines is 1. The van der Waals surface area contributed by atoms with E-state index in [9.17, 15) is 4.79 Å². The summed E-state index contributed by atoms with van der Waals surface area (Å²) in [5.41, 5.74) is 3.16. The van der Waals surface area contributed by atoms with Gasteiger partial charge >= 0.3 is 0 Å². The van der Waals surface area contributed by atoms with Gasteiger partial charge in [-0.25, -0.2) is 0 Å². The first-order valence-electron chi connectivity index (χ1n) is 8.65. The van der Waals surface area contributed by atoms with E-state index in [0.29, 0.717) is 12.5 Å². The Balaban J connectivity index is 1.66. The van der Waals surface area contributed by atoms with Crippen LogP contribution in [0.5, 0.6) is 0 Å². The quantitative estimate of drug-likeness (QED) is 0.852. The normalized spacial score (nSPS) is 27.8. The van der Waals surface area contributed by atoms with Crippen LogP contribution in [0.2, 0.25) is 0 Å². The molecular formula is C18H25N3O2. The molecule has 0 saturated carbocycles. The van der Waals surface area contributed by atoms with Gasteiger partial charge in [-0.2, -0.15) is 0 Å². The fourth-order valence-corrected chi connectivity index (χ4v) is 4.17. The number of nitrogens with one attached hydrogen (secondary N) is 1. The van der Waals surface area contributed by atoms with Gasteiger partial charge in [0.1, 0.15) is 0 Å². The Hall–Kier alpha value is -1.59. The fourth-order valence-electron chi connectivity index (χ4n) is 4.17. The number of nitrogens with zero attached hydrogens (tertiary/aromatic N) is 2. The van der Waals surface area contributed by atoms with E-state index in [4.69, 9.17) is 4.74 Å². The van der Waals surface area contributed by atoms with Crippen LogP contribution in [0, 0.1) is 5.92 Å². The molecule has 4 rings (SSSR count). The molecule has 0 aliphatic carbocycles. The van der Waals surface area contributed by atoms with Gasteiger partial charge in [0, 0.05) is 32.1 Å². The standard InChI is InChI=1S/C18H25N3O2/c1-20-8-13-9-21(15(10-20)12-23-11-13)18(22)16-6-2-4-14-5-3-7-19-17(14)16/h2,4,6,13,15,19H,3,5,7-12H2,1H3/t13-,15-/m0/s1. The van der Waals surface area contributed by atoms with E-state index in [1.54, 1.807) is 0 Å². The van der Waals surface area contributed by atoms with Crippen molar-refractivity contribution in [3.63, 3.8) is 0 Å². The average molecular weight is 315 g/mol. The second-order valence-electron chi connectivity index (χ2n) is 7.11. The van der Waals surface area contributed by atoms with Crippen LogP contribution in [0.15, 0.2) is 18.2 Å². The first-order chi connectivity index (χ1) is 11.2. The number of carbonyl (C=O) groups is 1. The zero-order chi connectivity index (χ0) is 15.8. The average Bonchev–Trinajstić information content (AvgIpc) is 2.84. The van der Waals surface area contributed by atoms with Gasteiger partial charge in [-0.3, -0.25) is 4.79 Å². The lowest BCUT2D eigenvalue weighted by Gasteiger charge is -2.31. The predicted octanol–water partition coefficient (Wildman–Crippen LogP) is 1.45. The summed E-state index contributed by atoms with van der Waals surface area (Å²) in [7, 11) is 2.14. The number of amides is 1. The lowest BCUT2D eigenvalue weighted by atomic mass is 9.98. The Bertz CT molecular complexity index is 604. The molecular weight excluding hydrogens is 290 g/mol. The second kappa shape index (κ2) is 6.13. The Morgan fingerprint density at radius 1 is 1.26 bits per heavy atom. The zero-order valence-electron chi connectivity index (χ0n) is 13.8. The second-order valence-corrected chi connectivity index (χ2v) is 7.11. The lowest BCUT2D eigenvalue weighted by molar-refractivity contribution is 0.0484. The molecule has 5 heteroatoms. The summed E-state index contributed by atoms with van der Waals surface area (Å²) < 4.78 is 5.80. The van der Waals surface area contributed by atoms with E-state index in [0.717, 1.165) is 56.9 Å². The van der Waals surface area contributed by atoms with E-state index >= 15 is 0 Å². The van der Waals surface area contributed by atoms with E-state index in [2.05, 4.69) is 28.2 Å². The molecule has 1 aromatic carbocycles. The summed E-state index contributed by atoms with van der Waals surface area (Å²) >= 11 is 0. The highest BCUT2D eigenvalue weighted by Crippen LogP contribution is 2.29. The summed E-state index contributed by atoms with van der Waals surface area (Å²) in [5, 5.41) is 3.45. The molecule has 2 saturated heterocycles. The molecule has 1 N–H and O–H groups in total. The number of hydrogen-bond acceptors (Lipinski definition) is 4. The maximum Gasteiger partial charge on any atom is 0.256 e. The molecule has 3 aliphatic heterocycles. The molecule has 1 aromatic rings. The number of para-hydroxylation sites is 1. The van der Waals surface area contributed by atoms with Gasteiger partial charge in [0.05, 0.1) is 30.5 Å². The molecule has 2 atom stereocenters. The molecule has 3 aliphatic rings. The molecule has 23 heavy (non-hydrogen) atoms. The maximum absolute atomic E-state index is 13.3. The molecule has 124 valence electrons. The number of hydrogen-bond donors (Lipinski definition) is 1. The SMILES string of the molecule is CN1C[C@@H]2COC[C@H](C1)N(C(=O)c1cccc3c1NCCC3)C2. The van der Waals surface area contributed by atoms with E-state index in [1.807, 2.05) is 12.1 Å². The monoisotopic (exact) mass is 315 g/mol. The number of ether oxygens (including phenoxy) is 1. The van der Waals surface area contributed by atoms with Crippen LogP contribution in [0.4, 0.5) is 5.69 Å². The third-order valence-corrected chi connectivity index (χ3v) is 5.22. The highest BCUT2D eigenvalue weighted by Gasteiger charge is 2.36. The Morgan fingerprint density at radius 3 is 3.09 bits per heavy atom. The minimum absolute atomic E-state index is 0.152. The highest BCUT2D eigenvalue weighted by molar-refractivity contribution is 6.00. The van der Waals surface area contributed by atoms with Crippen molar-refractivity contribution in [3.05, 3.63) is 29.3 Å². The van der Waals surface area contributed by atoms with Crippen LogP contribution in [0.3, 0.4) is 0 Å². The topological polar surface area (TPSA) is 44.8 Å². The van der Waals surface area contributed by atoms with Gasteiger partial charge in [0.25, 0.3) is 5.91 Å². The number of likely N-dealkylation sites (N-methyl/N-ethyl adjacent to an activating group) is 1. The maximum atomic E-state index is 13.3. The number of carbonyl (C=O) groups excluding carboxylic acids is 1. The van der Waals surface area contributed by atoms with Gasteiger partial charge < -0.3 is 19.9 Å². The Kier molecular flexibility index (Phi) is 3.99. The minimum Gasteiger partial charge on any atom is -0.384 e. The largest absolute Gasteiger partial charge is 0.384 e.